The van der Waals surface area contributed by atoms with Crippen molar-refractivity contribution in [3.05, 3.63) is 27.7 Å². The summed E-state index contributed by atoms with van der Waals surface area (Å²) in [6, 6.07) is 3.83. The van der Waals surface area contributed by atoms with Crippen LogP contribution >= 0.6 is 15.9 Å². The number of aryl methyl sites for hydroxylation is 1. The molecule has 0 heterocycles. The number of amides is 1. The van der Waals surface area contributed by atoms with Crippen LogP contribution in [0.1, 0.15) is 44.7 Å². The van der Waals surface area contributed by atoms with Crippen molar-refractivity contribution in [2.75, 3.05) is 12.4 Å². The average molecular weight is 369 g/mol. The highest BCUT2D eigenvalue weighted by molar-refractivity contribution is 9.10. The largest absolute Gasteiger partial charge is 0.444 e. The third-order valence-corrected chi connectivity index (χ3v) is 3.79. The van der Waals surface area contributed by atoms with Crippen molar-refractivity contribution in [1.82, 2.24) is 0 Å². The molecule has 1 aromatic carbocycles. The summed E-state index contributed by atoms with van der Waals surface area (Å²) in [5.41, 5.74) is 3.32. The monoisotopic (exact) mass is 368 g/mol. The molecule has 1 N–H and O–H groups in total. The molecule has 0 spiro atoms. The summed E-state index contributed by atoms with van der Waals surface area (Å²) in [7, 11) is 1.55. The molecule has 0 aliphatic heterocycles. The highest BCUT2D eigenvalue weighted by atomic mass is 79.9. The average Bonchev–Trinajstić information content (AvgIpc) is 2.36. The first kappa shape index (κ1) is 16.8. The minimum atomic E-state index is -0.520. The Bertz CT molecular complexity index is 606. The highest BCUT2D eigenvalue weighted by Gasteiger charge is 2.21. The lowest BCUT2D eigenvalue weighted by molar-refractivity contribution is 0.0636. The van der Waals surface area contributed by atoms with Gasteiger partial charge in [0.1, 0.15) is 12.7 Å². The number of benzene rings is 1. The molecular formula is C16H21BrN2O3. The summed E-state index contributed by atoms with van der Waals surface area (Å²) in [6.07, 6.45) is 2.39. The third-order valence-electron chi connectivity index (χ3n) is 3.17. The Labute approximate surface area is 139 Å². The van der Waals surface area contributed by atoms with Gasteiger partial charge in [-0.1, -0.05) is 21.1 Å². The number of rotatable bonds is 2. The van der Waals surface area contributed by atoms with E-state index in [1.807, 2.05) is 32.9 Å². The predicted molar refractivity (Wildman–Crippen MR) is 90.5 cm³/mol. The maximum atomic E-state index is 11.9. The van der Waals surface area contributed by atoms with Gasteiger partial charge < -0.3 is 9.57 Å². The Morgan fingerprint density at radius 3 is 2.68 bits per heavy atom. The molecule has 1 aliphatic carbocycles. The Morgan fingerprint density at radius 1 is 1.32 bits per heavy atom. The van der Waals surface area contributed by atoms with Gasteiger partial charge in [-0.3, -0.25) is 5.32 Å². The van der Waals surface area contributed by atoms with E-state index in [0.717, 1.165) is 40.6 Å². The molecule has 0 atom stereocenters. The van der Waals surface area contributed by atoms with Crippen molar-refractivity contribution in [1.29, 1.82) is 0 Å². The van der Waals surface area contributed by atoms with Crippen molar-refractivity contribution in [2.24, 2.45) is 5.16 Å². The Hall–Kier alpha value is -1.56. The molecular weight excluding hydrogens is 348 g/mol. The second-order valence-electron chi connectivity index (χ2n) is 6.19. The lowest BCUT2D eigenvalue weighted by Gasteiger charge is -2.22. The molecule has 0 unspecified atom stereocenters. The molecule has 1 aromatic rings. The van der Waals surface area contributed by atoms with Crippen LogP contribution in [-0.2, 0) is 16.0 Å². The number of ether oxygens (including phenoxy) is 1. The van der Waals surface area contributed by atoms with Crippen molar-refractivity contribution >= 4 is 33.4 Å². The third kappa shape index (κ3) is 4.22. The first-order chi connectivity index (χ1) is 10.3. The van der Waals surface area contributed by atoms with Gasteiger partial charge in [-0.15, -0.1) is 0 Å². The second-order valence-corrected chi connectivity index (χ2v) is 7.05. The molecule has 120 valence electrons. The quantitative estimate of drug-likeness (QED) is 0.782. The van der Waals surface area contributed by atoms with E-state index in [2.05, 4.69) is 26.4 Å². The van der Waals surface area contributed by atoms with Crippen LogP contribution in [0.4, 0.5) is 10.5 Å². The van der Waals surface area contributed by atoms with Gasteiger partial charge in [-0.05, 0) is 57.7 Å². The molecule has 0 fully saturated rings. The topological polar surface area (TPSA) is 59.9 Å². The summed E-state index contributed by atoms with van der Waals surface area (Å²) in [5, 5.41) is 6.87. The van der Waals surface area contributed by atoms with E-state index < -0.39 is 11.7 Å². The first-order valence-corrected chi connectivity index (χ1v) is 8.02. The number of nitrogens with zero attached hydrogens (tertiary/aromatic N) is 1. The number of oxime groups is 1. The van der Waals surface area contributed by atoms with E-state index >= 15 is 0 Å². The van der Waals surface area contributed by atoms with E-state index in [9.17, 15) is 4.79 Å². The van der Waals surface area contributed by atoms with Crippen molar-refractivity contribution in [3.8, 4) is 0 Å². The van der Waals surface area contributed by atoms with E-state index in [-0.39, 0.29) is 0 Å². The van der Waals surface area contributed by atoms with Crippen molar-refractivity contribution in [3.63, 3.8) is 0 Å². The molecule has 0 radical (unpaired) electrons. The molecule has 1 amide bonds. The second kappa shape index (κ2) is 6.69. The summed E-state index contributed by atoms with van der Waals surface area (Å²) in [5.74, 6) is 0. The van der Waals surface area contributed by atoms with Crippen LogP contribution in [0.5, 0.6) is 0 Å². The van der Waals surface area contributed by atoms with Crippen LogP contribution in [-0.4, -0.2) is 24.5 Å². The Kier molecular flexibility index (Phi) is 5.11. The molecule has 1 aliphatic rings. The molecule has 0 aromatic heterocycles. The lowest BCUT2D eigenvalue weighted by Crippen LogP contribution is -2.27. The van der Waals surface area contributed by atoms with Crippen molar-refractivity contribution in [2.45, 2.75) is 45.6 Å². The van der Waals surface area contributed by atoms with Gasteiger partial charge in [-0.25, -0.2) is 4.79 Å². The number of carbonyl (C=O) groups excluding carboxylic acids is 1. The molecule has 5 nitrogen and oxygen atoms in total. The van der Waals surface area contributed by atoms with Crippen molar-refractivity contribution < 1.29 is 14.4 Å². The zero-order valence-corrected chi connectivity index (χ0v) is 14.9. The SMILES string of the molecule is CON=C1CCCc2cc(NC(=O)OC(C)(C)C)cc(Br)c21. The Balaban J connectivity index is 2.25. The molecule has 0 saturated heterocycles. The van der Waals surface area contributed by atoms with Gasteiger partial charge in [0.2, 0.25) is 0 Å². The molecule has 6 heteroatoms. The minimum Gasteiger partial charge on any atom is -0.444 e. The summed E-state index contributed by atoms with van der Waals surface area (Å²) < 4.78 is 6.17. The number of fused-ring (bicyclic) bond motifs is 1. The smallest absolute Gasteiger partial charge is 0.412 e. The molecule has 0 saturated carbocycles. The van der Waals surface area contributed by atoms with Crippen LogP contribution in [0.3, 0.4) is 0 Å². The van der Waals surface area contributed by atoms with Gasteiger partial charge in [0.15, 0.2) is 0 Å². The van der Waals surface area contributed by atoms with E-state index in [4.69, 9.17) is 9.57 Å². The van der Waals surface area contributed by atoms with E-state index in [1.165, 1.54) is 0 Å². The highest BCUT2D eigenvalue weighted by Crippen LogP contribution is 2.32. The maximum Gasteiger partial charge on any atom is 0.412 e. The summed E-state index contributed by atoms with van der Waals surface area (Å²) >= 11 is 3.57. The van der Waals surface area contributed by atoms with E-state index in [0.29, 0.717) is 5.69 Å². The van der Waals surface area contributed by atoms with Gasteiger partial charge in [0, 0.05) is 15.7 Å². The Morgan fingerprint density at radius 2 is 2.05 bits per heavy atom. The van der Waals surface area contributed by atoms with Crippen LogP contribution in [0.2, 0.25) is 0 Å². The summed E-state index contributed by atoms with van der Waals surface area (Å²) in [6.45, 7) is 5.51. The van der Waals surface area contributed by atoms with Gasteiger partial charge in [0.25, 0.3) is 0 Å². The van der Waals surface area contributed by atoms with E-state index in [1.54, 1.807) is 7.11 Å². The number of halogens is 1. The number of hydrogen-bond donors (Lipinski definition) is 1. The molecule has 0 bridgehead atoms. The predicted octanol–water partition coefficient (Wildman–Crippen LogP) is 4.48. The fraction of sp³-hybridized carbons (Fsp3) is 0.500. The zero-order chi connectivity index (χ0) is 16.3. The van der Waals surface area contributed by atoms with Gasteiger partial charge in [-0.2, -0.15) is 0 Å². The zero-order valence-electron chi connectivity index (χ0n) is 13.3. The van der Waals surface area contributed by atoms with Gasteiger partial charge in [0.05, 0.1) is 5.71 Å². The number of carbonyl (C=O) groups is 1. The minimum absolute atomic E-state index is 0.457. The number of anilines is 1. The van der Waals surface area contributed by atoms with Crippen LogP contribution in [0.15, 0.2) is 21.8 Å². The standard InChI is InChI=1S/C16H21BrN2O3/c1-16(2,3)22-15(20)18-11-8-10-6-5-7-13(19-21-4)14(10)12(17)9-11/h8-9H,5-7H2,1-4H3,(H,18,20). The first-order valence-electron chi connectivity index (χ1n) is 7.23. The van der Waals surface area contributed by atoms with Crippen LogP contribution in [0.25, 0.3) is 0 Å². The van der Waals surface area contributed by atoms with Crippen LogP contribution < -0.4 is 5.32 Å². The van der Waals surface area contributed by atoms with Crippen LogP contribution in [0, 0.1) is 0 Å². The maximum absolute atomic E-state index is 11.9. The molecule has 2 rings (SSSR count). The summed E-state index contributed by atoms with van der Waals surface area (Å²) in [4.78, 5) is 16.8. The lowest BCUT2D eigenvalue weighted by atomic mass is 9.90. The fourth-order valence-corrected chi connectivity index (χ4v) is 3.18. The van der Waals surface area contributed by atoms with Gasteiger partial charge >= 0.3 is 6.09 Å². The normalized spacial score (nSPS) is 16.1. The number of hydrogen-bond acceptors (Lipinski definition) is 4. The fourth-order valence-electron chi connectivity index (χ4n) is 2.45. The number of nitrogens with one attached hydrogen (secondary N) is 1. The molecule has 22 heavy (non-hydrogen) atoms.